The van der Waals surface area contributed by atoms with Gasteiger partial charge in [0.05, 0.1) is 26.4 Å². The predicted octanol–water partition coefficient (Wildman–Crippen LogP) is 1.63. The molecular formula is C20H42IN5O2. The van der Waals surface area contributed by atoms with E-state index >= 15 is 0 Å². The summed E-state index contributed by atoms with van der Waals surface area (Å²) in [5, 5.41) is 7.01. The highest BCUT2D eigenvalue weighted by Crippen LogP contribution is 2.13. The first-order valence-corrected chi connectivity index (χ1v) is 10.8. The summed E-state index contributed by atoms with van der Waals surface area (Å²) in [5.41, 5.74) is 0. The molecule has 0 aromatic rings. The Morgan fingerprint density at radius 1 is 0.964 bits per heavy atom. The molecule has 8 heteroatoms. The van der Waals surface area contributed by atoms with E-state index in [0.29, 0.717) is 12.0 Å². The first-order chi connectivity index (χ1) is 13.2. The number of ether oxygens (including phenoxy) is 2. The van der Waals surface area contributed by atoms with Crippen molar-refractivity contribution in [3.8, 4) is 0 Å². The normalized spacial score (nSPS) is 20.6. The topological polar surface area (TPSA) is 61.4 Å². The van der Waals surface area contributed by atoms with E-state index < -0.39 is 0 Å². The molecule has 0 radical (unpaired) electrons. The van der Waals surface area contributed by atoms with Crippen molar-refractivity contribution in [3.63, 3.8) is 0 Å². The lowest BCUT2D eigenvalue weighted by atomic mass is 10.0. The Morgan fingerprint density at radius 3 is 2.21 bits per heavy atom. The number of aliphatic imine (C=N–C) groups is 1. The molecule has 0 bridgehead atoms. The van der Waals surface area contributed by atoms with E-state index in [0.717, 1.165) is 78.1 Å². The van der Waals surface area contributed by atoms with Crippen LogP contribution in [0.25, 0.3) is 0 Å². The van der Waals surface area contributed by atoms with Crippen LogP contribution in [-0.2, 0) is 9.47 Å². The van der Waals surface area contributed by atoms with Gasteiger partial charge in [0, 0.05) is 52.4 Å². The minimum absolute atomic E-state index is 0. The molecule has 7 nitrogen and oxygen atoms in total. The predicted molar refractivity (Wildman–Crippen MR) is 127 cm³/mol. The summed E-state index contributed by atoms with van der Waals surface area (Å²) in [4.78, 5) is 9.45. The van der Waals surface area contributed by atoms with Gasteiger partial charge < -0.3 is 20.1 Å². The van der Waals surface area contributed by atoms with E-state index in [-0.39, 0.29) is 24.0 Å². The van der Waals surface area contributed by atoms with Crippen LogP contribution in [0.5, 0.6) is 0 Å². The molecule has 2 aliphatic rings. The summed E-state index contributed by atoms with van der Waals surface area (Å²) in [6.07, 6.45) is 3.58. The van der Waals surface area contributed by atoms with Crippen LogP contribution in [-0.4, -0.2) is 101 Å². The van der Waals surface area contributed by atoms with Crippen LogP contribution in [0, 0.1) is 5.92 Å². The molecule has 166 valence electrons. The second-order valence-electron chi connectivity index (χ2n) is 7.97. The number of unbranched alkanes of at least 4 members (excludes halogenated alkanes) is 1. The summed E-state index contributed by atoms with van der Waals surface area (Å²) in [5.74, 6) is 1.61. The van der Waals surface area contributed by atoms with Gasteiger partial charge in [-0.15, -0.1) is 24.0 Å². The van der Waals surface area contributed by atoms with E-state index in [9.17, 15) is 0 Å². The minimum Gasteiger partial charge on any atom is -0.379 e. The van der Waals surface area contributed by atoms with Gasteiger partial charge in [-0.05, 0) is 31.7 Å². The van der Waals surface area contributed by atoms with Crippen LogP contribution in [0.15, 0.2) is 4.99 Å². The number of halogens is 1. The van der Waals surface area contributed by atoms with Crippen molar-refractivity contribution in [2.75, 3.05) is 79.3 Å². The van der Waals surface area contributed by atoms with Crippen LogP contribution in [0.1, 0.15) is 33.1 Å². The quantitative estimate of drug-likeness (QED) is 0.201. The number of hydrogen-bond donors (Lipinski definition) is 2. The van der Waals surface area contributed by atoms with Gasteiger partial charge >= 0.3 is 0 Å². The monoisotopic (exact) mass is 511 g/mol. The molecule has 1 unspecified atom stereocenters. The molecule has 1 atom stereocenters. The van der Waals surface area contributed by atoms with Crippen molar-refractivity contribution in [2.24, 2.45) is 10.9 Å². The van der Waals surface area contributed by atoms with E-state index in [1.807, 2.05) is 7.05 Å². The maximum atomic E-state index is 5.51. The molecule has 0 saturated carbocycles. The molecule has 0 spiro atoms. The molecule has 0 amide bonds. The molecule has 2 fully saturated rings. The zero-order valence-electron chi connectivity index (χ0n) is 18.1. The number of hydrogen-bond acceptors (Lipinski definition) is 5. The number of nitrogens with one attached hydrogen (secondary N) is 2. The summed E-state index contributed by atoms with van der Waals surface area (Å²) in [7, 11) is 1.86. The van der Waals surface area contributed by atoms with Crippen molar-refractivity contribution in [1.82, 2.24) is 20.4 Å². The molecule has 2 N–H and O–H groups in total. The van der Waals surface area contributed by atoms with Crippen molar-refractivity contribution in [3.05, 3.63) is 0 Å². The highest BCUT2D eigenvalue weighted by atomic mass is 127. The van der Waals surface area contributed by atoms with Crippen LogP contribution in [0.2, 0.25) is 0 Å². The highest BCUT2D eigenvalue weighted by Gasteiger charge is 2.22. The van der Waals surface area contributed by atoms with Crippen molar-refractivity contribution < 1.29 is 9.47 Å². The van der Waals surface area contributed by atoms with Gasteiger partial charge in [-0.1, -0.05) is 13.8 Å². The minimum atomic E-state index is 0. The maximum absolute atomic E-state index is 5.51. The lowest BCUT2D eigenvalue weighted by Gasteiger charge is -2.35. The number of nitrogens with zero attached hydrogens (tertiary/aromatic N) is 3. The molecule has 0 aromatic carbocycles. The van der Waals surface area contributed by atoms with E-state index in [4.69, 9.17) is 9.47 Å². The fourth-order valence-electron chi connectivity index (χ4n) is 3.78. The summed E-state index contributed by atoms with van der Waals surface area (Å²) in [6.45, 7) is 15.4. The van der Waals surface area contributed by atoms with Crippen molar-refractivity contribution >= 4 is 29.9 Å². The van der Waals surface area contributed by atoms with Crippen LogP contribution < -0.4 is 10.6 Å². The average molecular weight is 511 g/mol. The van der Waals surface area contributed by atoms with Gasteiger partial charge in [0.25, 0.3) is 0 Å². The third kappa shape index (κ3) is 10.6. The number of rotatable bonds is 10. The molecule has 28 heavy (non-hydrogen) atoms. The Bertz CT molecular complexity index is 413. The Hall–Kier alpha value is -0.160. The molecular weight excluding hydrogens is 469 g/mol. The van der Waals surface area contributed by atoms with Gasteiger partial charge in [-0.3, -0.25) is 14.8 Å². The highest BCUT2D eigenvalue weighted by molar-refractivity contribution is 14.0. The lowest BCUT2D eigenvalue weighted by Crippen LogP contribution is -2.51. The Balaban J connectivity index is 0.00000392. The SMILES string of the molecule is CN=C(NCCCCN1CCOCC1)NCC(CC(C)C)N1CCOCC1.I. The van der Waals surface area contributed by atoms with Gasteiger partial charge in [-0.25, -0.2) is 0 Å². The van der Waals surface area contributed by atoms with Gasteiger partial charge in [0.15, 0.2) is 5.96 Å². The summed E-state index contributed by atoms with van der Waals surface area (Å²) >= 11 is 0. The van der Waals surface area contributed by atoms with E-state index in [2.05, 4.69) is 39.3 Å². The number of morpholine rings is 2. The molecule has 2 saturated heterocycles. The van der Waals surface area contributed by atoms with Crippen LogP contribution >= 0.6 is 24.0 Å². The lowest BCUT2D eigenvalue weighted by molar-refractivity contribution is 0.0132. The van der Waals surface area contributed by atoms with Crippen molar-refractivity contribution in [1.29, 1.82) is 0 Å². The largest absolute Gasteiger partial charge is 0.379 e. The van der Waals surface area contributed by atoms with Gasteiger partial charge in [0.2, 0.25) is 0 Å². The summed E-state index contributed by atoms with van der Waals surface area (Å²) in [6, 6.07) is 0.536. The summed E-state index contributed by atoms with van der Waals surface area (Å²) < 4.78 is 10.9. The molecule has 2 aliphatic heterocycles. The van der Waals surface area contributed by atoms with Crippen LogP contribution in [0.4, 0.5) is 0 Å². The van der Waals surface area contributed by atoms with Crippen LogP contribution in [0.3, 0.4) is 0 Å². The Morgan fingerprint density at radius 2 is 1.61 bits per heavy atom. The molecule has 0 aliphatic carbocycles. The molecule has 0 aromatic heterocycles. The van der Waals surface area contributed by atoms with Gasteiger partial charge in [-0.2, -0.15) is 0 Å². The third-order valence-electron chi connectivity index (χ3n) is 5.33. The second-order valence-corrected chi connectivity index (χ2v) is 7.97. The average Bonchev–Trinajstić information content (AvgIpc) is 2.70. The van der Waals surface area contributed by atoms with Gasteiger partial charge in [0.1, 0.15) is 0 Å². The zero-order valence-corrected chi connectivity index (χ0v) is 20.5. The molecule has 2 rings (SSSR count). The zero-order chi connectivity index (χ0) is 19.3. The van der Waals surface area contributed by atoms with E-state index in [1.165, 1.54) is 19.4 Å². The first-order valence-electron chi connectivity index (χ1n) is 10.8. The first kappa shape index (κ1) is 25.9. The maximum Gasteiger partial charge on any atom is 0.191 e. The smallest absolute Gasteiger partial charge is 0.191 e. The fraction of sp³-hybridized carbons (Fsp3) is 0.950. The standard InChI is InChI=1S/C20H41N5O2.HI/c1-18(2)16-19(25-10-14-27-15-11-25)17-23-20(21-3)22-6-4-5-7-24-8-12-26-13-9-24;/h18-19H,4-17H2,1-3H3,(H2,21,22,23);1H. The number of guanidine groups is 1. The Labute approximate surface area is 189 Å². The Kier molecular flexibility index (Phi) is 14.5. The molecule has 2 heterocycles. The fourth-order valence-corrected chi connectivity index (χ4v) is 3.78. The van der Waals surface area contributed by atoms with E-state index in [1.54, 1.807) is 0 Å². The second kappa shape index (κ2) is 15.6. The third-order valence-corrected chi connectivity index (χ3v) is 5.33. The van der Waals surface area contributed by atoms with Crippen molar-refractivity contribution in [2.45, 2.75) is 39.2 Å².